The molecule has 1 fully saturated rings. The maximum absolute atomic E-state index is 12.9. The predicted octanol–water partition coefficient (Wildman–Crippen LogP) is -3.93. The third kappa shape index (κ3) is 7.99. The minimum absolute atomic E-state index is 0.370. The number of aromatic amines is 1. The van der Waals surface area contributed by atoms with Gasteiger partial charge in [0.25, 0.3) is 11.5 Å². The number of nitrogens with one attached hydrogen (secondary N) is 3. The summed E-state index contributed by atoms with van der Waals surface area (Å²) in [6, 6.07) is 0.197. The number of carbonyl (C=O) groups is 3. The van der Waals surface area contributed by atoms with Crippen LogP contribution >= 0.6 is 0 Å². The van der Waals surface area contributed by atoms with Crippen LogP contribution in [-0.4, -0.2) is 106 Å². The first-order valence-electron chi connectivity index (χ1n) is 12.8. The van der Waals surface area contributed by atoms with E-state index in [1.54, 1.807) is 0 Å². The molecule has 0 spiro atoms. The third-order valence-corrected chi connectivity index (χ3v) is 6.56. The van der Waals surface area contributed by atoms with Crippen LogP contribution in [0.2, 0.25) is 0 Å². The Morgan fingerprint density at radius 3 is 2.63 bits per heavy atom. The van der Waals surface area contributed by atoms with Crippen molar-refractivity contribution in [2.45, 2.75) is 75.3 Å². The van der Waals surface area contributed by atoms with Crippen molar-refractivity contribution < 1.29 is 48.7 Å². The lowest BCUT2D eigenvalue weighted by molar-refractivity contribution is -0.253. The van der Waals surface area contributed by atoms with Crippen molar-refractivity contribution in [1.82, 2.24) is 20.2 Å². The molecule has 8 N–H and O–H groups in total. The third-order valence-electron chi connectivity index (χ3n) is 6.56. The highest BCUT2D eigenvalue weighted by Gasteiger charge is 2.43. The molecule has 41 heavy (non-hydrogen) atoms. The summed E-state index contributed by atoms with van der Waals surface area (Å²) in [4.78, 5) is 63.3. The minimum atomic E-state index is -1.86. The number of aromatic nitrogens is 2. The quantitative estimate of drug-likeness (QED) is 0.124. The predicted molar refractivity (Wildman–Crippen MR) is 137 cm³/mol. The number of methoxy groups -OCH3 is 1. The second kappa shape index (κ2) is 14.3. The number of amides is 3. The van der Waals surface area contributed by atoms with Gasteiger partial charge in [-0.05, 0) is 32.3 Å². The van der Waals surface area contributed by atoms with Crippen molar-refractivity contribution in [2.24, 2.45) is 5.73 Å². The summed E-state index contributed by atoms with van der Waals surface area (Å²) in [6.07, 6.45) is -7.35. The molecule has 1 aromatic rings. The highest BCUT2D eigenvalue weighted by atomic mass is 16.7. The maximum atomic E-state index is 12.9. The van der Waals surface area contributed by atoms with E-state index in [1.165, 1.54) is 14.0 Å². The van der Waals surface area contributed by atoms with Crippen molar-refractivity contribution in [1.29, 1.82) is 0 Å². The smallest absolute Gasteiger partial charge is 0.330 e. The maximum Gasteiger partial charge on any atom is 0.330 e. The molecular weight excluding hydrogens is 550 g/mol. The molecule has 0 aliphatic carbocycles. The zero-order valence-corrected chi connectivity index (χ0v) is 22.4. The number of primary amides is 1. The Bertz CT molecular complexity index is 1230. The SMILES string of the molecule is CO[C@@H](CO)[C@H](O[C@H](C)n1ccc(=O)[nH]c1=O)[C@@H](O[C@H]1OC(C(=O)N[C@H]2CCCCNC2=O)=C[C@H](O)[C@@H]1O)C(N)=O. The highest BCUT2D eigenvalue weighted by Crippen LogP contribution is 2.25. The lowest BCUT2D eigenvalue weighted by Crippen LogP contribution is -2.56. The number of H-pyrrole nitrogens is 1. The number of aliphatic hydroxyl groups excluding tert-OH is 3. The number of hydrogen-bond acceptors (Lipinski definition) is 12. The van der Waals surface area contributed by atoms with Crippen molar-refractivity contribution >= 4 is 17.7 Å². The zero-order valence-electron chi connectivity index (χ0n) is 22.4. The first-order chi connectivity index (χ1) is 19.5. The van der Waals surface area contributed by atoms with Crippen LogP contribution in [-0.2, 0) is 33.3 Å². The van der Waals surface area contributed by atoms with Crippen molar-refractivity contribution in [3.05, 3.63) is 44.9 Å². The fourth-order valence-corrected chi connectivity index (χ4v) is 4.32. The molecule has 17 heteroatoms. The molecule has 3 heterocycles. The van der Waals surface area contributed by atoms with Crippen LogP contribution in [0.1, 0.15) is 32.4 Å². The highest BCUT2D eigenvalue weighted by molar-refractivity contribution is 5.95. The summed E-state index contributed by atoms with van der Waals surface area (Å²) >= 11 is 0. The van der Waals surface area contributed by atoms with E-state index in [1.807, 2.05) is 4.98 Å². The summed E-state index contributed by atoms with van der Waals surface area (Å²) in [5, 5.41) is 36.0. The van der Waals surface area contributed by atoms with E-state index < -0.39 is 84.5 Å². The van der Waals surface area contributed by atoms with Crippen LogP contribution in [0.15, 0.2) is 33.7 Å². The molecular formula is C24H35N5O12. The number of carbonyl (C=O) groups excluding carboxylic acids is 3. The second-order valence-electron chi connectivity index (χ2n) is 9.44. The number of hydrogen-bond donors (Lipinski definition) is 7. The molecule has 0 bridgehead atoms. The standard InChI is InChI=1S/C24H35N5O12/c1-11(29-8-6-16(32)28-24(29)37)39-18(15(10-30)38-2)19(20(25)34)41-23-17(33)13(31)9-14(40-23)22(36)27-12-5-3-4-7-26-21(12)35/h6,8-9,11-13,15,17-19,23,30-31,33H,3-5,7,10H2,1-2H3,(H2,25,34)(H,26,35)(H,27,36)(H,28,32,37)/t11-,12+,13+,15+,17+,18+,19-,23-/m1/s1. The average Bonchev–Trinajstić information content (AvgIpc) is 3.12. The Balaban J connectivity index is 1.83. The molecule has 0 unspecified atom stereocenters. The van der Waals surface area contributed by atoms with Crippen LogP contribution in [0.25, 0.3) is 0 Å². The lowest BCUT2D eigenvalue weighted by atomic mass is 10.1. The molecule has 2 aliphatic heterocycles. The van der Waals surface area contributed by atoms with Gasteiger partial charge in [-0.2, -0.15) is 0 Å². The van der Waals surface area contributed by atoms with E-state index in [0.717, 1.165) is 29.3 Å². The summed E-state index contributed by atoms with van der Waals surface area (Å²) < 4.78 is 23.1. The Morgan fingerprint density at radius 1 is 1.27 bits per heavy atom. The molecule has 1 saturated heterocycles. The second-order valence-corrected chi connectivity index (χ2v) is 9.44. The van der Waals surface area contributed by atoms with Gasteiger partial charge in [-0.25, -0.2) is 4.79 Å². The number of aliphatic hydroxyl groups is 3. The van der Waals surface area contributed by atoms with Crippen LogP contribution < -0.4 is 27.6 Å². The lowest BCUT2D eigenvalue weighted by Gasteiger charge is -2.37. The molecule has 17 nitrogen and oxygen atoms in total. The van der Waals surface area contributed by atoms with Crippen molar-refractivity contribution in [3.8, 4) is 0 Å². The Kier molecular flexibility index (Phi) is 11.2. The van der Waals surface area contributed by atoms with Gasteiger partial charge in [0.05, 0.1) is 6.61 Å². The number of nitrogens with two attached hydrogens (primary N) is 1. The monoisotopic (exact) mass is 585 g/mol. The number of ether oxygens (including phenoxy) is 4. The largest absolute Gasteiger partial charge is 0.456 e. The normalized spacial score (nSPS) is 25.9. The van der Waals surface area contributed by atoms with Crippen molar-refractivity contribution in [3.63, 3.8) is 0 Å². The van der Waals surface area contributed by atoms with Gasteiger partial charge in [-0.1, -0.05) is 0 Å². The van der Waals surface area contributed by atoms with Gasteiger partial charge >= 0.3 is 5.69 Å². The van der Waals surface area contributed by atoms with Gasteiger partial charge in [0, 0.05) is 25.9 Å². The van der Waals surface area contributed by atoms with E-state index >= 15 is 0 Å². The van der Waals surface area contributed by atoms with E-state index in [9.17, 15) is 39.3 Å². The molecule has 2 aliphatic rings. The van der Waals surface area contributed by atoms with Gasteiger partial charge in [-0.3, -0.25) is 28.7 Å². The van der Waals surface area contributed by atoms with E-state index in [4.69, 9.17) is 24.7 Å². The Morgan fingerprint density at radius 2 is 2.00 bits per heavy atom. The summed E-state index contributed by atoms with van der Waals surface area (Å²) in [5.74, 6) is -2.94. The van der Waals surface area contributed by atoms with E-state index in [0.29, 0.717) is 19.4 Å². The molecule has 0 saturated carbocycles. The average molecular weight is 586 g/mol. The van der Waals surface area contributed by atoms with Crippen LogP contribution in [0.4, 0.5) is 0 Å². The van der Waals surface area contributed by atoms with Gasteiger partial charge in [0.2, 0.25) is 18.1 Å². The Hall–Kier alpha value is -3.61. The number of nitrogens with zero attached hydrogens (tertiary/aromatic N) is 1. The van der Waals surface area contributed by atoms with Crippen LogP contribution in [0.5, 0.6) is 0 Å². The van der Waals surface area contributed by atoms with E-state index in [2.05, 4.69) is 10.6 Å². The first-order valence-corrected chi connectivity index (χ1v) is 12.8. The van der Waals surface area contributed by atoms with Gasteiger partial charge < -0.3 is 50.6 Å². The van der Waals surface area contributed by atoms with Crippen molar-refractivity contribution in [2.75, 3.05) is 20.3 Å². The molecule has 8 atom stereocenters. The number of rotatable bonds is 12. The van der Waals surface area contributed by atoms with E-state index in [-0.39, 0.29) is 5.91 Å². The molecule has 0 aromatic carbocycles. The molecule has 0 radical (unpaired) electrons. The summed E-state index contributed by atoms with van der Waals surface area (Å²) in [5.41, 5.74) is 4.06. The minimum Gasteiger partial charge on any atom is -0.456 e. The molecule has 1 aromatic heterocycles. The fraction of sp³-hybridized carbons (Fsp3) is 0.625. The summed E-state index contributed by atoms with van der Waals surface area (Å²) in [7, 11) is 1.19. The van der Waals surface area contributed by atoms with Gasteiger partial charge in [0.15, 0.2) is 11.9 Å². The summed E-state index contributed by atoms with van der Waals surface area (Å²) in [6.45, 7) is 1.14. The van der Waals surface area contributed by atoms with Crippen LogP contribution in [0.3, 0.4) is 0 Å². The first kappa shape index (κ1) is 31.9. The fourth-order valence-electron chi connectivity index (χ4n) is 4.32. The van der Waals surface area contributed by atoms with Crippen LogP contribution in [0, 0.1) is 0 Å². The zero-order chi connectivity index (χ0) is 30.3. The Labute approximate surface area is 233 Å². The topological polar surface area (TPSA) is 254 Å². The molecule has 228 valence electrons. The van der Waals surface area contributed by atoms with Gasteiger partial charge in [0.1, 0.15) is 36.7 Å². The molecule has 3 amide bonds. The molecule has 3 rings (SSSR count). The van der Waals surface area contributed by atoms with Gasteiger partial charge in [-0.15, -0.1) is 0 Å².